The van der Waals surface area contributed by atoms with Gasteiger partial charge in [-0.2, -0.15) is 0 Å². The second kappa shape index (κ2) is 8.48. The molecular weight excluding hydrogens is 409 g/mol. The van der Waals surface area contributed by atoms with E-state index in [1.165, 1.54) is 7.11 Å². The zero-order chi connectivity index (χ0) is 19.4. The van der Waals surface area contributed by atoms with Crippen molar-refractivity contribution < 1.29 is 9.53 Å². The van der Waals surface area contributed by atoms with Gasteiger partial charge in [0.2, 0.25) is 0 Å². The molecule has 3 rings (SSSR count). The molecule has 0 bridgehead atoms. The van der Waals surface area contributed by atoms with E-state index in [2.05, 4.69) is 15.6 Å². The summed E-state index contributed by atoms with van der Waals surface area (Å²) in [5.41, 5.74) is 1.45. The number of aromatic nitrogens is 1. The number of hydrogen-bond donors (Lipinski definition) is 2. The number of methoxy groups -OCH3 is 1. The minimum Gasteiger partial charge on any atom is -0.495 e. The monoisotopic (exact) mass is 421 g/mol. The topological polar surface area (TPSA) is 63.2 Å². The van der Waals surface area contributed by atoms with Crippen molar-refractivity contribution in [3.05, 3.63) is 75.4 Å². The molecule has 0 spiro atoms. The third-order valence-corrected chi connectivity index (χ3v) is 4.62. The van der Waals surface area contributed by atoms with Crippen LogP contribution in [-0.2, 0) is 0 Å². The molecule has 8 heteroatoms. The van der Waals surface area contributed by atoms with Gasteiger partial charge in [-0.3, -0.25) is 4.79 Å². The van der Waals surface area contributed by atoms with Crippen molar-refractivity contribution in [3.8, 4) is 5.75 Å². The number of rotatable bonds is 5. The first-order valence-electron chi connectivity index (χ1n) is 7.80. The summed E-state index contributed by atoms with van der Waals surface area (Å²) in [4.78, 5) is 17.0. The third-order valence-electron chi connectivity index (χ3n) is 3.64. The Morgan fingerprint density at radius 1 is 1.04 bits per heavy atom. The van der Waals surface area contributed by atoms with Crippen LogP contribution in [0.15, 0.2) is 54.7 Å². The lowest BCUT2D eigenvalue weighted by molar-refractivity contribution is 0.102. The summed E-state index contributed by atoms with van der Waals surface area (Å²) in [5, 5.41) is 7.18. The van der Waals surface area contributed by atoms with E-state index in [0.29, 0.717) is 43.6 Å². The highest BCUT2D eigenvalue weighted by Crippen LogP contribution is 2.30. The van der Waals surface area contributed by atoms with Gasteiger partial charge in [0.05, 0.1) is 28.4 Å². The number of carbonyl (C=O) groups is 1. The molecule has 2 aromatic carbocycles. The van der Waals surface area contributed by atoms with Crippen LogP contribution in [0, 0.1) is 0 Å². The van der Waals surface area contributed by atoms with Crippen LogP contribution in [0.5, 0.6) is 5.75 Å². The molecule has 3 aromatic rings. The van der Waals surface area contributed by atoms with Crippen LogP contribution in [0.1, 0.15) is 10.4 Å². The van der Waals surface area contributed by atoms with Crippen LogP contribution in [0.2, 0.25) is 15.1 Å². The molecule has 0 unspecified atom stereocenters. The van der Waals surface area contributed by atoms with E-state index in [1.54, 1.807) is 54.7 Å². The maximum Gasteiger partial charge on any atom is 0.259 e. The number of hydrogen-bond acceptors (Lipinski definition) is 4. The summed E-state index contributed by atoms with van der Waals surface area (Å²) in [7, 11) is 1.51. The van der Waals surface area contributed by atoms with Gasteiger partial charge in [0.25, 0.3) is 5.91 Å². The average molecular weight is 423 g/mol. The molecule has 0 aliphatic rings. The zero-order valence-electron chi connectivity index (χ0n) is 14.1. The van der Waals surface area contributed by atoms with Gasteiger partial charge in [-0.05, 0) is 48.5 Å². The van der Waals surface area contributed by atoms with Crippen molar-refractivity contribution in [2.24, 2.45) is 0 Å². The van der Waals surface area contributed by atoms with Crippen LogP contribution in [0.3, 0.4) is 0 Å². The van der Waals surface area contributed by atoms with Gasteiger partial charge in [-0.15, -0.1) is 0 Å². The van der Waals surface area contributed by atoms with Gasteiger partial charge in [0, 0.05) is 16.9 Å². The number of anilines is 3. The van der Waals surface area contributed by atoms with Crippen LogP contribution in [0.25, 0.3) is 0 Å². The van der Waals surface area contributed by atoms with E-state index in [4.69, 9.17) is 39.5 Å². The maximum absolute atomic E-state index is 12.8. The smallest absolute Gasteiger partial charge is 0.259 e. The molecule has 27 heavy (non-hydrogen) atoms. The molecule has 0 aliphatic carbocycles. The Hall–Kier alpha value is -2.47. The summed E-state index contributed by atoms with van der Waals surface area (Å²) >= 11 is 18.0. The standard InChI is InChI=1S/C19H14Cl3N3O2/c1-27-17-7-4-11(20)9-16(17)25-19(26)13-3-2-8-23-18(13)24-12-5-6-14(21)15(22)10-12/h2-10H,1H3,(H,23,24)(H,25,26). The van der Waals surface area contributed by atoms with Crippen molar-refractivity contribution in [2.45, 2.75) is 0 Å². The molecule has 5 nitrogen and oxygen atoms in total. The molecule has 0 aliphatic heterocycles. The first-order valence-corrected chi connectivity index (χ1v) is 8.93. The zero-order valence-corrected chi connectivity index (χ0v) is 16.4. The summed E-state index contributed by atoms with van der Waals surface area (Å²) in [6.45, 7) is 0. The molecule has 0 saturated heterocycles. The molecular formula is C19H14Cl3N3O2. The third kappa shape index (κ3) is 4.63. The Morgan fingerprint density at radius 3 is 2.59 bits per heavy atom. The summed E-state index contributed by atoms with van der Waals surface area (Å²) in [5.74, 6) is 0.497. The van der Waals surface area contributed by atoms with Crippen molar-refractivity contribution in [1.82, 2.24) is 4.98 Å². The van der Waals surface area contributed by atoms with E-state index in [9.17, 15) is 4.79 Å². The molecule has 1 heterocycles. The first-order chi connectivity index (χ1) is 13.0. The first kappa shape index (κ1) is 19.3. The largest absolute Gasteiger partial charge is 0.495 e. The van der Waals surface area contributed by atoms with E-state index in [1.807, 2.05) is 0 Å². The fourth-order valence-corrected chi connectivity index (χ4v) is 2.84. The number of benzene rings is 2. The molecule has 0 fully saturated rings. The van der Waals surface area contributed by atoms with Gasteiger partial charge in [-0.1, -0.05) is 34.8 Å². The fraction of sp³-hybridized carbons (Fsp3) is 0.0526. The molecule has 1 amide bonds. The van der Waals surface area contributed by atoms with E-state index in [-0.39, 0.29) is 5.91 Å². The number of amides is 1. The molecule has 0 radical (unpaired) electrons. The second-order valence-corrected chi connectivity index (χ2v) is 6.70. The number of pyridine rings is 1. The second-order valence-electron chi connectivity index (χ2n) is 5.45. The lowest BCUT2D eigenvalue weighted by atomic mass is 10.2. The quantitative estimate of drug-likeness (QED) is 0.525. The van der Waals surface area contributed by atoms with Crippen molar-refractivity contribution in [2.75, 3.05) is 17.7 Å². The Morgan fingerprint density at radius 2 is 1.85 bits per heavy atom. The lowest BCUT2D eigenvalue weighted by Crippen LogP contribution is -2.15. The maximum atomic E-state index is 12.8. The highest BCUT2D eigenvalue weighted by atomic mass is 35.5. The number of nitrogens with zero attached hydrogens (tertiary/aromatic N) is 1. The minimum atomic E-state index is -0.369. The van der Waals surface area contributed by atoms with E-state index in [0.717, 1.165) is 0 Å². The molecule has 1 aromatic heterocycles. The predicted molar refractivity (Wildman–Crippen MR) is 110 cm³/mol. The highest BCUT2D eigenvalue weighted by Gasteiger charge is 2.15. The van der Waals surface area contributed by atoms with E-state index < -0.39 is 0 Å². The summed E-state index contributed by atoms with van der Waals surface area (Å²) < 4.78 is 5.26. The molecule has 2 N–H and O–H groups in total. The minimum absolute atomic E-state index is 0.339. The predicted octanol–water partition coefficient (Wildman–Crippen LogP) is 6.05. The van der Waals surface area contributed by atoms with Crippen molar-refractivity contribution in [1.29, 1.82) is 0 Å². The van der Waals surface area contributed by atoms with Crippen LogP contribution >= 0.6 is 34.8 Å². The van der Waals surface area contributed by atoms with Gasteiger partial charge in [-0.25, -0.2) is 4.98 Å². The van der Waals surface area contributed by atoms with Gasteiger partial charge >= 0.3 is 0 Å². The Labute approximate surface area is 171 Å². The Bertz CT molecular complexity index is 996. The van der Waals surface area contributed by atoms with Gasteiger partial charge < -0.3 is 15.4 Å². The van der Waals surface area contributed by atoms with E-state index >= 15 is 0 Å². The van der Waals surface area contributed by atoms with Gasteiger partial charge in [0.1, 0.15) is 11.6 Å². The SMILES string of the molecule is COc1ccc(Cl)cc1NC(=O)c1cccnc1Nc1ccc(Cl)c(Cl)c1. The number of nitrogens with one attached hydrogen (secondary N) is 2. The Kier molecular flexibility index (Phi) is 6.06. The molecule has 138 valence electrons. The normalized spacial score (nSPS) is 10.4. The van der Waals surface area contributed by atoms with Crippen LogP contribution in [-0.4, -0.2) is 18.0 Å². The number of halogens is 3. The Balaban J connectivity index is 1.88. The molecule has 0 saturated carbocycles. The van der Waals surface area contributed by atoms with Crippen LogP contribution < -0.4 is 15.4 Å². The summed E-state index contributed by atoms with van der Waals surface area (Å²) in [6.07, 6.45) is 1.58. The average Bonchev–Trinajstić information content (AvgIpc) is 2.65. The van der Waals surface area contributed by atoms with Crippen molar-refractivity contribution >= 4 is 57.9 Å². The summed E-state index contributed by atoms with van der Waals surface area (Å²) in [6, 6.07) is 13.3. The highest BCUT2D eigenvalue weighted by molar-refractivity contribution is 6.42. The lowest BCUT2D eigenvalue weighted by Gasteiger charge is -2.13. The van der Waals surface area contributed by atoms with Gasteiger partial charge in [0.15, 0.2) is 0 Å². The van der Waals surface area contributed by atoms with Crippen molar-refractivity contribution in [3.63, 3.8) is 0 Å². The van der Waals surface area contributed by atoms with Crippen LogP contribution in [0.4, 0.5) is 17.2 Å². The molecule has 0 atom stereocenters. The number of ether oxygens (including phenoxy) is 1. The fourth-order valence-electron chi connectivity index (χ4n) is 2.37. The number of carbonyl (C=O) groups excluding carboxylic acids is 1.